The molecule has 0 aliphatic rings. The Kier molecular flexibility index (Phi) is 3.25. The lowest BCUT2D eigenvalue weighted by molar-refractivity contribution is 1.28. The van der Waals surface area contributed by atoms with E-state index in [0.29, 0.717) is 0 Å². The zero-order chi connectivity index (χ0) is 7.40. The van der Waals surface area contributed by atoms with E-state index >= 15 is 0 Å². The van der Waals surface area contributed by atoms with Crippen molar-refractivity contribution in [3.8, 4) is 0 Å². The van der Waals surface area contributed by atoms with Gasteiger partial charge >= 0.3 is 0 Å². The first-order valence-corrected chi connectivity index (χ1v) is 4.89. The van der Waals surface area contributed by atoms with Crippen LogP contribution in [-0.4, -0.2) is 0 Å². The van der Waals surface area contributed by atoms with E-state index in [-0.39, 0.29) is 0 Å². The molecule has 0 aromatic heterocycles. The molecule has 2 N–H and O–H groups in total. The molecular weight excluding hydrogens is 210 g/mol. The lowest BCUT2D eigenvalue weighted by Crippen LogP contribution is -1.85. The normalized spacial score (nSPS) is 9.80. The molecule has 0 saturated heterocycles. The topological polar surface area (TPSA) is 26.0 Å². The summed E-state index contributed by atoms with van der Waals surface area (Å²) in [6.45, 7) is 0. The van der Waals surface area contributed by atoms with Gasteiger partial charge in [-0.25, -0.2) is 0 Å². The minimum Gasteiger partial charge on any atom is -0.274 e. The van der Waals surface area contributed by atoms with Crippen LogP contribution in [0.5, 0.6) is 0 Å². The van der Waals surface area contributed by atoms with Crippen molar-refractivity contribution < 1.29 is 0 Å². The van der Waals surface area contributed by atoms with Gasteiger partial charge in [-0.05, 0) is 23.6 Å². The number of alkyl halides is 1. The molecule has 1 aromatic carbocycles. The third kappa shape index (κ3) is 1.75. The van der Waals surface area contributed by atoms with E-state index in [9.17, 15) is 0 Å². The number of rotatable bonds is 2. The maximum absolute atomic E-state index is 5.42. The van der Waals surface area contributed by atoms with Crippen molar-refractivity contribution >= 4 is 27.9 Å². The molecule has 0 bridgehead atoms. The van der Waals surface area contributed by atoms with Crippen LogP contribution in [0.2, 0.25) is 0 Å². The largest absolute Gasteiger partial charge is 0.274 e. The van der Waals surface area contributed by atoms with Crippen LogP contribution < -0.4 is 5.14 Å². The lowest BCUT2D eigenvalue weighted by atomic mass is 10.2. The van der Waals surface area contributed by atoms with Crippen molar-refractivity contribution in [1.29, 1.82) is 0 Å². The van der Waals surface area contributed by atoms with Gasteiger partial charge in [-0.1, -0.05) is 34.1 Å². The molecular formula is C7H8BrNS. The maximum atomic E-state index is 5.42. The average molecular weight is 218 g/mol. The Bertz CT molecular complexity index is 192. The minimum absolute atomic E-state index is 0.868. The van der Waals surface area contributed by atoms with Crippen LogP contribution in [0.1, 0.15) is 5.56 Å². The molecule has 0 fully saturated rings. The van der Waals surface area contributed by atoms with Crippen LogP contribution >= 0.6 is 27.9 Å². The molecule has 0 unspecified atom stereocenters. The number of hydrogen-bond donors (Lipinski definition) is 1. The average Bonchev–Trinajstić information content (AvgIpc) is 2.04. The van der Waals surface area contributed by atoms with E-state index in [2.05, 4.69) is 22.0 Å². The zero-order valence-electron chi connectivity index (χ0n) is 5.38. The highest BCUT2D eigenvalue weighted by atomic mass is 79.9. The second kappa shape index (κ2) is 4.01. The second-order valence-corrected chi connectivity index (χ2v) is 3.10. The third-order valence-corrected chi connectivity index (χ3v) is 2.50. The summed E-state index contributed by atoms with van der Waals surface area (Å²) in [5, 5.41) is 6.29. The van der Waals surface area contributed by atoms with Gasteiger partial charge in [0, 0.05) is 10.2 Å². The fourth-order valence-electron chi connectivity index (χ4n) is 0.729. The molecule has 0 saturated carbocycles. The second-order valence-electron chi connectivity index (χ2n) is 1.86. The van der Waals surface area contributed by atoms with Gasteiger partial charge in [0.2, 0.25) is 0 Å². The van der Waals surface area contributed by atoms with Crippen molar-refractivity contribution in [3.05, 3.63) is 29.8 Å². The van der Waals surface area contributed by atoms with Gasteiger partial charge in [0.1, 0.15) is 0 Å². The molecule has 0 radical (unpaired) electrons. The van der Waals surface area contributed by atoms with Crippen molar-refractivity contribution in [1.82, 2.24) is 0 Å². The van der Waals surface area contributed by atoms with Crippen LogP contribution in [0.15, 0.2) is 29.2 Å². The van der Waals surface area contributed by atoms with Crippen LogP contribution in [0.4, 0.5) is 0 Å². The molecule has 1 rings (SSSR count). The Balaban J connectivity index is 2.96. The van der Waals surface area contributed by atoms with E-state index in [0.717, 1.165) is 10.2 Å². The van der Waals surface area contributed by atoms with Gasteiger partial charge in [-0.15, -0.1) is 0 Å². The molecule has 0 atom stereocenters. The van der Waals surface area contributed by atoms with Gasteiger partial charge in [-0.3, -0.25) is 5.14 Å². The smallest absolute Gasteiger partial charge is 0.0294 e. The number of hydrogen-bond acceptors (Lipinski definition) is 2. The third-order valence-electron chi connectivity index (χ3n) is 1.24. The quantitative estimate of drug-likeness (QED) is 0.609. The van der Waals surface area contributed by atoms with E-state index in [4.69, 9.17) is 5.14 Å². The van der Waals surface area contributed by atoms with Crippen molar-refractivity contribution in [2.45, 2.75) is 10.2 Å². The summed E-state index contributed by atoms with van der Waals surface area (Å²) in [5.74, 6) is 0. The van der Waals surface area contributed by atoms with Gasteiger partial charge < -0.3 is 0 Å². The fourth-order valence-corrected chi connectivity index (χ4v) is 1.85. The Hall–Kier alpha value is 0.01000. The number of nitrogens with two attached hydrogens (primary N) is 1. The highest BCUT2D eigenvalue weighted by Gasteiger charge is 1.96. The summed E-state index contributed by atoms with van der Waals surface area (Å²) in [4.78, 5) is 1.14. The summed E-state index contributed by atoms with van der Waals surface area (Å²) in [5.41, 5.74) is 1.25. The highest BCUT2D eigenvalue weighted by molar-refractivity contribution is 9.08. The molecule has 3 heteroatoms. The summed E-state index contributed by atoms with van der Waals surface area (Å²) < 4.78 is 0. The summed E-state index contributed by atoms with van der Waals surface area (Å²) >= 11 is 4.67. The van der Waals surface area contributed by atoms with E-state index in [1.54, 1.807) is 0 Å². The molecule has 0 amide bonds. The van der Waals surface area contributed by atoms with Crippen LogP contribution in [0.3, 0.4) is 0 Å². The van der Waals surface area contributed by atoms with Crippen LogP contribution in [0.25, 0.3) is 0 Å². The van der Waals surface area contributed by atoms with E-state index < -0.39 is 0 Å². The molecule has 1 aromatic rings. The minimum atomic E-state index is 0.868. The lowest BCUT2D eigenvalue weighted by Gasteiger charge is -2.00. The Morgan fingerprint density at radius 1 is 1.40 bits per heavy atom. The van der Waals surface area contributed by atoms with Crippen LogP contribution in [-0.2, 0) is 5.33 Å². The van der Waals surface area contributed by atoms with Gasteiger partial charge in [0.15, 0.2) is 0 Å². The number of halogens is 1. The monoisotopic (exact) mass is 217 g/mol. The number of benzene rings is 1. The van der Waals surface area contributed by atoms with Gasteiger partial charge in [0.25, 0.3) is 0 Å². The fraction of sp³-hybridized carbons (Fsp3) is 0.143. The van der Waals surface area contributed by atoms with Crippen molar-refractivity contribution in [2.24, 2.45) is 5.14 Å². The van der Waals surface area contributed by atoms with E-state index in [1.165, 1.54) is 17.5 Å². The predicted octanol–water partition coefficient (Wildman–Crippen LogP) is 2.55. The molecule has 1 nitrogen and oxygen atoms in total. The van der Waals surface area contributed by atoms with Crippen LogP contribution in [0, 0.1) is 0 Å². The molecule has 54 valence electrons. The standard InChI is InChI=1S/C7H8BrNS/c8-5-6-3-1-2-4-7(6)10-9/h1-4H,5,9H2. The maximum Gasteiger partial charge on any atom is 0.0294 e. The first-order chi connectivity index (χ1) is 4.88. The molecule has 0 heterocycles. The summed E-state index contributed by atoms with van der Waals surface area (Å²) in [6, 6.07) is 8.07. The molecule has 0 aliphatic heterocycles. The van der Waals surface area contributed by atoms with Gasteiger partial charge in [0.05, 0.1) is 0 Å². The van der Waals surface area contributed by atoms with Gasteiger partial charge in [-0.2, -0.15) is 0 Å². The zero-order valence-corrected chi connectivity index (χ0v) is 7.78. The summed E-state index contributed by atoms with van der Waals surface area (Å²) in [7, 11) is 0. The van der Waals surface area contributed by atoms with Crippen molar-refractivity contribution in [3.63, 3.8) is 0 Å². The molecule has 0 aliphatic carbocycles. The first kappa shape index (κ1) is 8.11. The molecule has 0 spiro atoms. The Morgan fingerprint density at radius 3 is 2.60 bits per heavy atom. The Morgan fingerprint density at radius 2 is 2.10 bits per heavy atom. The van der Waals surface area contributed by atoms with Crippen molar-refractivity contribution in [2.75, 3.05) is 0 Å². The Labute approximate surface area is 73.3 Å². The predicted molar refractivity (Wildman–Crippen MR) is 49.1 cm³/mol. The van der Waals surface area contributed by atoms with E-state index in [1.807, 2.05) is 18.2 Å². The first-order valence-electron chi connectivity index (χ1n) is 2.89. The SMILES string of the molecule is NSc1ccccc1CBr. The summed E-state index contributed by atoms with van der Waals surface area (Å²) in [6.07, 6.45) is 0. The molecule has 10 heavy (non-hydrogen) atoms. The highest BCUT2D eigenvalue weighted by Crippen LogP contribution is 2.19.